The number of ether oxygens (including phenoxy) is 1. The van der Waals surface area contributed by atoms with Crippen LogP contribution < -0.4 is 10.4 Å². The lowest BCUT2D eigenvalue weighted by atomic mass is 10.1. The Morgan fingerprint density at radius 1 is 1.18 bits per heavy atom. The lowest BCUT2D eigenvalue weighted by Gasteiger charge is -2.17. The van der Waals surface area contributed by atoms with Gasteiger partial charge in [0.15, 0.2) is 11.5 Å². The van der Waals surface area contributed by atoms with Crippen molar-refractivity contribution in [1.29, 1.82) is 0 Å². The van der Waals surface area contributed by atoms with Crippen molar-refractivity contribution in [3.63, 3.8) is 0 Å². The molecular weight excluding hydrogens is 465 g/mol. The summed E-state index contributed by atoms with van der Waals surface area (Å²) < 4.78 is 7.67. The number of benzene rings is 2. The first kappa shape index (κ1) is 22.8. The van der Waals surface area contributed by atoms with Crippen LogP contribution in [0.25, 0.3) is 22.6 Å². The number of amides is 1. The molecule has 0 saturated heterocycles. The summed E-state index contributed by atoms with van der Waals surface area (Å²) in [6, 6.07) is 12.0. The summed E-state index contributed by atoms with van der Waals surface area (Å²) in [5.74, 6) is 1.09. The minimum absolute atomic E-state index is 0.329. The molecule has 0 aliphatic rings. The number of rotatable bonds is 5. The summed E-state index contributed by atoms with van der Waals surface area (Å²) in [6.07, 6.45) is 1.99. The fourth-order valence-electron chi connectivity index (χ4n) is 3.48. The third-order valence-corrected chi connectivity index (χ3v) is 5.95. The van der Waals surface area contributed by atoms with Gasteiger partial charge in [0.1, 0.15) is 11.3 Å². The monoisotopic (exact) mass is 485 g/mol. The van der Waals surface area contributed by atoms with Gasteiger partial charge in [0.25, 0.3) is 0 Å². The Hall–Kier alpha value is -3.36. The number of likely N-dealkylation sites (N-methyl/N-ethyl adjacent to an activating group) is 1. The van der Waals surface area contributed by atoms with E-state index in [0.29, 0.717) is 45.7 Å². The SMILES string of the molecule is COc1cccc(-c2ncc3c(n2)n(C)c(=O)n3C(=O)N(C)CCc2ccc(Cl)cc2Cl)c1. The standard InChI is InChI=1S/C23H21Cl2N5O3/c1-28(10-9-14-7-8-16(24)12-18(14)25)22(31)30-19-13-26-20(27-21(19)29(2)23(30)32)15-5-4-6-17(11-15)33-3/h4-8,11-13H,9-10H2,1-3H3. The Balaban J connectivity index is 1.63. The van der Waals surface area contributed by atoms with Crippen molar-refractivity contribution in [3.05, 3.63) is 74.8 Å². The van der Waals surface area contributed by atoms with Crippen molar-refractivity contribution < 1.29 is 9.53 Å². The highest BCUT2D eigenvalue weighted by Gasteiger charge is 2.22. The molecule has 1 amide bonds. The number of carbonyl (C=O) groups excluding carboxylic acids is 1. The van der Waals surface area contributed by atoms with E-state index in [-0.39, 0.29) is 0 Å². The van der Waals surface area contributed by atoms with Crippen LogP contribution in [0.5, 0.6) is 5.75 Å². The second kappa shape index (κ2) is 9.25. The fourth-order valence-corrected chi connectivity index (χ4v) is 3.98. The molecule has 4 rings (SSSR count). The Morgan fingerprint density at radius 2 is 1.97 bits per heavy atom. The normalized spacial score (nSPS) is 11.1. The van der Waals surface area contributed by atoms with Gasteiger partial charge in [-0.15, -0.1) is 0 Å². The molecule has 10 heteroatoms. The Bertz CT molecular complexity index is 1410. The molecule has 4 aromatic rings. The van der Waals surface area contributed by atoms with E-state index in [1.807, 2.05) is 24.3 Å². The molecule has 0 unspecified atom stereocenters. The molecule has 0 saturated carbocycles. The lowest BCUT2D eigenvalue weighted by Crippen LogP contribution is -2.38. The average molecular weight is 486 g/mol. The number of aromatic nitrogens is 4. The first-order chi connectivity index (χ1) is 15.8. The molecule has 2 aromatic carbocycles. The van der Waals surface area contributed by atoms with Crippen LogP contribution in [0.3, 0.4) is 0 Å². The number of fused-ring (bicyclic) bond motifs is 1. The molecule has 0 spiro atoms. The van der Waals surface area contributed by atoms with Crippen LogP contribution in [0.15, 0.2) is 53.5 Å². The van der Waals surface area contributed by atoms with Crippen LogP contribution >= 0.6 is 23.2 Å². The minimum Gasteiger partial charge on any atom is -0.497 e. The van der Waals surface area contributed by atoms with E-state index in [9.17, 15) is 9.59 Å². The second-order valence-corrected chi connectivity index (χ2v) is 8.34. The fraction of sp³-hybridized carbons (Fsp3) is 0.217. The van der Waals surface area contributed by atoms with E-state index in [4.69, 9.17) is 27.9 Å². The molecule has 170 valence electrons. The van der Waals surface area contributed by atoms with Crippen molar-refractivity contribution in [1.82, 2.24) is 24.0 Å². The van der Waals surface area contributed by atoms with Crippen LogP contribution in [0.2, 0.25) is 10.0 Å². The van der Waals surface area contributed by atoms with Gasteiger partial charge < -0.3 is 9.64 Å². The lowest BCUT2D eigenvalue weighted by molar-refractivity contribution is 0.211. The molecule has 2 heterocycles. The van der Waals surface area contributed by atoms with Gasteiger partial charge in [0, 0.05) is 36.2 Å². The number of halogens is 2. The van der Waals surface area contributed by atoms with Gasteiger partial charge in [-0.25, -0.2) is 24.1 Å². The maximum absolute atomic E-state index is 13.1. The molecule has 0 bridgehead atoms. The Labute approximate surface area is 200 Å². The molecule has 0 fully saturated rings. The average Bonchev–Trinajstić information content (AvgIpc) is 3.07. The van der Waals surface area contributed by atoms with E-state index in [2.05, 4.69) is 9.97 Å². The highest BCUT2D eigenvalue weighted by molar-refractivity contribution is 6.35. The number of methoxy groups -OCH3 is 1. The minimum atomic E-state index is -0.497. The van der Waals surface area contributed by atoms with Gasteiger partial charge in [0.2, 0.25) is 0 Å². The maximum atomic E-state index is 13.1. The first-order valence-electron chi connectivity index (χ1n) is 10.1. The van der Waals surface area contributed by atoms with Crippen LogP contribution in [0.1, 0.15) is 5.56 Å². The highest BCUT2D eigenvalue weighted by atomic mass is 35.5. The van der Waals surface area contributed by atoms with Crippen molar-refractivity contribution in [2.24, 2.45) is 7.05 Å². The molecule has 2 aromatic heterocycles. The molecule has 33 heavy (non-hydrogen) atoms. The van der Waals surface area contributed by atoms with E-state index in [1.165, 1.54) is 15.7 Å². The van der Waals surface area contributed by atoms with Gasteiger partial charge in [-0.05, 0) is 36.2 Å². The number of aryl methyl sites for hydroxylation is 1. The Morgan fingerprint density at radius 3 is 2.70 bits per heavy atom. The van der Waals surface area contributed by atoms with Crippen LogP contribution in [0.4, 0.5) is 4.79 Å². The summed E-state index contributed by atoms with van der Waals surface area (Å²) in [6.45, 7) is 0.353. The topological polar surface area (TPSA) is 82.2 Å². The molecule has 0 atom stereocenters. The smallest absolute Gasteiger partial charge is 0.338 e. The van der Waals surface area contributed by atoms with E-state index >= 15 is 0 Å². The van der Waals surface area contributed by atoms with Gasteiger partial charge in [-0.1, -0.05) is 41.4 Å². The zero-order chi connectivity index (χ0) is 23.7. The number of nitrogens with zero attached hydrogens (tertiary/aromatic N) is 5. The number of hydrogen-bond donors (Lipinski definition) is 0. The zero-order valence-corrected chi connectivity index (χ0v) is 19.8. The van der Waals surface area contributed by atoms with Gasteiger partial charge in [-0.3, -0.25) is 4.57 Å². The van der Waals surface area contributed by atoms with E-state index < -0.39 is 11.7 Å². The third-order valence-electron chi connectivity index (χ3n) is 5.36. The van der Waals surface area contributed by atoms with E-state index in [0.717, 1.165) is 15.7 Å². The largest absolute Gasteiger partial charge is 0.497 e. The quantitative estimate of drug-likeness (QED) is 0.421. The van der Waals surface area contributed by atoms with Gasteiger partial charge in [-0.2, -0.15) is 0 Å². The second-order valence-electron chi connectivity index (χ2n) is 7.50. The van der Waals surface area contributed by atoms with Gasteiger partial charge in [0.05, 0.1) is 13.3 Å². The van der Waals surface area contributed by atoms with Crippen molar-refractivity contribution in [2.75, 3.05) is 20.7 Å². The summed E-state index contributed by atoms with van der Waals surface area (Å²) >= 11 is 12.2. The molecular formula is C23H21Cl2N5O3. The molecule has 0 aliphatic heterocycles. The van der Waals surface area contributed by atoms with Crippen molar-refractivity contribution in [2.45, 2.75) is 6.42 Å². The van der Waals surface area contributed by atoms with Crippen molar-refractivity contribution in [3.8, 4) is 17.1 Å². The van der Waals surface area contributed by atoms with E-state index in [1.54, 1.807) is 39.4 Å². The van der Waals surface area contributed by atoms with Crippen LogP contribution in [-0.2, 0) is 13.5 Å². The summed E-state index contributed by atoms with van der Waals surface area (Å²) in [5.41, 5.74) is 1.78. The van der Waals surface area contributed by atoms with Crippen LogP contribution in [0, 0.1) is 0 Å². The van der Waals surface area contributed by atoms with Crippen LogP contribution in [-0.4, -0.2) is 50.7 Å². The zero-order valence-electron chi connectivity index (χ0n) is 18.2. The van der Waals surface area contributed by atoms with Gasteiger partial charge >= 0.3 is 11.7 Å². The predicted molar refractivity (Wildman–Crippen MR) is 128 cm³/mol. The molecule has 0 N–H and O–H groups in total. The highest BCUT2D eigenvalue weighted by Crippen LogP contribution is 2.23. The third kappa shape index (κ3) is 4.44. The number of carbonyl (C=O) groups is 1. The molecule has 8 nitrogen and oxygen atoms in total. The predicted octanol–water partition coefficient (Wildman–Crippen LogP) is 4.26. The summed E-state index contributed by atoms with van der Waals surface area (Å²) in [4.78, 5) is 36.4. The Kier molecular flexibility index (Phi) is 6.40. The molecule has 0 aliphatic carbocycles. The van der Waals surface area contributed by atoms with Crippen molar-refractivity contribution >= 4 is 40.4 Å². The first-order valence-corrected chi connectivity index (χ1v) is 10.8. The summed E-state index contributed by atoms with van der Waals surface area (Å²) in [5, 5.41) is 1.08. The summed E-state index contributed by atoms with van der Waals surface area (Å²) in [7, 11) is 4.78. The number of hydrogen-bond acceptors (Lipinski definition) is 5. The maximum Gasteiger partial charge on any atom is 0.338 e. The number of imidazole rings is 1. The molecule has 0 radical (unpaired) electrons.